The number of aryl methyl sites for hydroxylation is 1. The van der Waals surface area contributed by atoms with E-state index in [-0.39, 0.29) is 11.3 Å². The van der Waals surface area contributed by atoms with E-state index in [9.17, 15) is 15.2 Å². The number of pyridine rings is 1. The molecule has 152 valence electrons. The molecule has 31 heavy (non-hydrogen) atoms. The predicted octanol–water partition coefficient (Wildman–Crippen LogP) is 5.04. The molecule has 0 unspecified atom stereocenters. The molecule has 0 aliphatic heterocycles. The number of aromatic nitrogens is 1. The molecule has 4 heteroatoms. The Morgan fingerprint density at radius 2 is 1.58 bits per heavy atom. The maximum atomic E-state index is 13.2. The van der Waals surface area contributed by atoms with Crippen molar-refractivity contribution in [2.75, 3.05) is 0 Å². The van der Waals surface area contributed by atoms with Gasteiger partial charge in [-0.15, -0.1) is 0 Å². The zero-order valence-corrected chi connectivity index (χ0v) is 17.2. The van der Waals surface area contributed by atoms with Crippen molar-refractivity contribution < 1.29 is 5.11 Å². The first kappa shape index (κ1) is 20.2. The second-order valence-corrected chi connectivity index (χ2v) is 7.56. The van der Waals surface area contributed by atoms with Crippen molar-refractivity contribution in [2.24, 2.45) is 0 Å². The van der Waals surface area contributed by atoms with Gasteiger partial charge in [-0.25, -0.2) is 0 Å². The van der Waals surface area contributed by atoms with E-state index in [0.29, 0.717) is 24.1 Å². The number of aromatic hydroxyl groups is 1. The minimum atomic E-state index is -0.180. The zero-order valence-electron chi connectivity index (χ0n) is 17.2. The summed E-state index contributed by atoms with van der Waals surface area (Å²) in [5.74, 6) is 0.0192. The van der Waals surface area contributed by atoms with E-state index in [4.69, 9.17) is 0 Å². The maximum absolute atomic E-state index is 13.2. The molecule has 4 aromatic rings. The van der Waals surface area contributed by atoms with Gasteiger partial charge in [0.15, 0.2) is 0 Å². The van der Waals surface area contributed by atoms with Gasteiger partial charge in [-0.05, 0) is 41.3 Å². The molecular weight excluding hydrogens is 384 g/mol. The topological polar surface area (TPSA) is 66.0 Å². The Balaban J connectivity index is 1.64. The van der Waals surface area contributed by atoms with Crippen molar-refractivity contribution in [1.29, 1.82) is 5.26 Å². The second kappa shape index (κ2) is 8.73. The van der Waals surface area contributed by atoms with Gasteiger partial charge in [0.05, 0.1) is 23.7 Å². The van der Waals surface area contributed by atoms with Crippen LogP contribution in [0, 0.1) is 18.3 Å². The quantitative estimate of drug-likeness (QED) is 0.505. The Morgan fingerprint density at radius 3 is 2.29 bits per heavy atom. The van der Waals surface area contributed by atoms with Crippen LogP contribution in [0.3, 0.4) is 0 Å². The third kappa shape index (κ3) is 4.26. The summed E-state index contributed by atoms with van der Waals surface area (Å²) in [6, 6.07) is 28.9. The van der Waals surface area contributed by atoms with Gasteiger partial charge in [0.25, 0.3) is 5.56 Å². The number of rotatable bonds is 5. The third-order valence-corrected chi connectivity index (χ3v) is 5.46. The lowest BCUT2D eigenvalue weighted by atomic mass is 9.97. The van der Waals surface area contributed by atoms with Crippen LogP contribution in [-0.2, 0) is 13.0 Å². The van der Waals surface area contributed by atoms with Crippen LogP contribution in [0.25, 0.3) is 11.1 Å². The van der Waals surface area contributed by atoms with Crippen LogP contribution in [0.5, 0.6) is 5.75 Å². The molecule has 0 amide bonds. The van der Waals surface area contributed by atoms with Crippen LogP contribution in [0.1, 0.15) is 27.9 Å². The van der Waals surface area contributed by atoms with Crippen LogP contribution in [-0.4, -0.2) is 9.67 Å². The first-order chi connectivity index (χ1) is 15.1. The summed E-state index contributed by atoms with van der Waals surface area (Å²) >= 11 is 0. The van der Waals surface area contributed by atoms with Crippen molar-refractivity contribution in [3.8, 4) is 22.9 Å². The van der Waals surface area contributed by atoms with E-state index >= 15 is 0 Å². The second-order valence-electron chi connectivity index (χ2n) is 7.56. The Kier molecular flexibility index (Phi) is 5.68. The van der Waals surface area contributed by atoms with Gasteiger partial charge < -0.3 is 9.67 Å². The molecule has 0 bridgehead atoms. The highest BCUT2D eigenvalue weighted by molar-refractivity contribution is 5.70. The Morgan fingerprint density at radius 1 is 0.903 bits per heavy atom. The first-order valence-corrected chi connectivity index (χ1v) is 10.1. The van der Waals surface area contributed by atoms with Crippen molar-refractivity contribution in [1.82, 2.24) is 4.57 Å². The van der Waals surface area contributed by atoms with E-state index in [1.807, 2.05) is 79.7 Å². The summed E-state index contributed by atoms with van der Waals surface area (Å²) in [6.07, 6.45) is 0.333. The molecule has 0 aliphatic carbocycles. The number of hydrogen-bond acceptors (Lipinski definition) is 3. The first-order valence-electron chi connectivity index (χ1n) is 10.1. The van der Waals surface area contributed by atoms with E-state index in [1.165, 1.54) is 0 Å². The highest BCUT2D eigenvalue weighted by Crippen LogP contribution is 2.25. The molecule has 0 spiro atoms. The highest BCUT2D eigenvalue weighted by atomic mass is 16.3. The van der Waals surface area contributed by atoms with Gasteiger partial charge in [0, 0.05) is 12.1 Å². The molecule has 3 aromatic carbocycles. The SMILES string of the molecule is Cc1cc(O)c(Cc2ccc(-c3ccccc3C#N)cc2)c(=O)n1Cc1ccccc1. The molecule has 4 nitrogen and oxygen atoms in total. The standard InChI is InChI=1S/C27H22N2O2/c1-19-15-26(30)25(27(31)29(19)18-21-7-3-2-4-8-21)16-20-11-13-22(14-12-20)24-10-6-5-9-23(24)17-28/h2-15,30H,16,18H2,1H3. The Hall–Kier alpha value is -4.10. The highest BCUT2D eigenvalue weighted by Gasteiger charge is 2.14. The van der Waals surface area contributed by atoms with Crippen molar-refractivity contribution >= 4 is 0 Å². The van der Waals surface area contributed by atoms with E-state index < -0.39 is 0 Å². The van der Waals surface area contributed by atoms with Crippen molar-refractivity contribution in [3.63, 3.8) is 0 Å². The van der Waals surface area contributed by atoms with Gasteiger partial charge in [0.1, 0.15) is 5.75 Å². The molecule has 0 radical (unpaired) electrons. The van der Waals surface area contributed by atoms with Gasteiger partial charge in [0.2, 0.25) is 0 Å². The molecule has 0 fully saturated rings. The molecule has 1 N–H and O–H groups in total. The normalized spacial score (nSPS) is 10.6. The molecule has 0 aliphatic rings. The van der Waals surface area contributed by atoms with Crippen LogP contribution in [0.15, 0.2) is 89.7 Å². The minimum Gasteiger partial charge on any atom is -0.507 e. The number of nitrogens with zero attached hydrogens (tertiary/aromatic N) is 2. The van der Waals surface area contributed by atoms with Crippen molar-refractivity contribution in [3.05, 3.63) is 123 Å². The average molecular weight is 406 g/mol. The summed E-state index contributed by atoms with van der Waals surface area (Å²) in [6.45, 7) is 2.29. The van der Waals surface area contributed by atoms with Gasteiger partial charge in [-0.3, -0.25) is 4.79 Å². The third-order valence-electron chi connectivity index (χ3n) is 5.46. The molecule has 0 atom stereocenters. The molecular formula is C27H22N2O2. The zero-order chi connectivity index (χ0) is 21.8. The fourth-order valence-electron chi connectivity index (χ4n) is 3.76. The van der Waals surface area contributed by atoms with Gasteiger partial charge in [-0.2, -0.15) is 5.26 Å². The molecule has 0 saturated carbocycles. The summed E-state index contributed by atoms with van der Waals surface area (Å²) in [5.41, 5.74) is 5.31. The lowest BCUT2D eigenvalue weighted by Gasteiger charge is -2.14. The van der Waals surface area contributed by atoms with E-state index in [1.54, 1.807) is 16.7 Å². The Labute approximate surface area is 181 Å². The molecule has 0 saturated heterocycles. The monoisotopic (exact) mass is 406 g/mol. The fraction of sp³-hybridized carbons (Fsp3) is 0.111. The number of benzene rings is 3. The van der Waals surface area contributed by atoms with Crippen LogP contribution in [0.4, 0.5) is 0 Å². The number of nitriles is 1. The van der Waals surface area contributed by atoms with E-state index in [0.717, 1.165) is 27.9 Å². The van der Waals surface area contributed by atoms with Crippen LogP contribution >= 0.6 is 0 Å². The maximum Gasteiger partial charge on any atom is 0.258 e. The average Bonchev–Trinajstić information content (AvgIpc) is 2.80. The minimum absolute atomic E-state index is 0.0192. The summed E-state index contributed by atoms with van der Waals surface area (Å²) < 4.78 is 1.70. The smallest absolute Gasteiger partial charge is 0.258 e. The van der Waals surface area contributed by atoms with Gasteiger partial charge in [-0.1, -0.05) is 72.8 Å². The molecule has 1 aromatic heterocycles. The Bertz CT molecular complexity index is 1310. The largest absolute Gasteiger partial charge is 0.507 e. The lowest BCUT2D eigenvalue weighted by molar-refractivity contribution is 0.463. The van der Waals surface area contributed by atoms with Crippen molar-refractivity contribution in [2.45, 2.75) is 19.9 Å². The lowest BCUT2D eigenvalue weighted by Crippen LogP contribution is -2.26. The summed E-state index contributed by atoms with van der Waals surface area (Å²) in [7, 11) is 0. The summed E-state index contributed by atoms with van der Waals surface area (Å²) in [4.78, 5) is 13.2. The van der Waals surface area contributed by atoms with Gasteiger partial charge >= 0.3 is 0 Å². The van der Waals surface area contributed by atoms with Crippen LogP contribution in [0.2, 0.25) is 0 Å². The molecule has 4 rings (SSSR count). The summed E-state index contributed by atoms with van der Waals surface area (Å²) in [5, 5.41) is 19.8. The molecule has 1 heterocycles. The fourth-order valence-corrected chi connectivity index (χ4v) is 3.76. The van der Waals surface area contributed by atoms with Crippen LogP contribution < -0.4 is 5.56 Å². The number of hydrogen-bond donors (Lipinski definition) is 1. The predicted molar refractivity (Wildman–Crippen MR) is 122 cm³/mol. The van der Waals surface area contributed by atoms with E-state index in [2.05, 4.69) is 6.07 Å².